The van der Waals surface area contributed by atoms with Crippen molar-refractivity contribution < 1.29 is 9.53 Å². The Bertz CT molecular complexity index is 595. The molecular weight excluding hydrogens is 250 g/mol. The Morgan fingerprint density at radius 1 is 1.10 bits per heavy atom. The fourth-order valence-electron chi connectivity index (χ4n) is 2.61. The van der Waals surface area contributed by atoms with Crippen molar-refractivity contribution in [2.75, 3.05) is 6.61 Å². The predicted molar refractivity (Wildman–Crippen MR) is 77.6 cm³/mol. The largest absolute Gasteiger partial charge is 0.484 e. The summed E-state index contributed by atoms with van der Waals surface area (Å²) < 4.78 is 5.45. The number of nitrogens with one attached hydrogen (secondary N) is 1. The number of carbonyl (C=O) groups excluding carboxylic acids is 1. The first-order valence-electron chi connectivity index (χ1n) is 6.88. The van der Waals surface area contributed by atoms with Crippen LogP contribution in [0.5, 0.6) is 5.75 Å². The molecule has 0 bridgehead atoms. The van der Waals surface area contributed by atoms with Crippen molar-refractivity contribution in [1.82, 2.24) is 5.32 Å². The Kier molecular flexibility index (Phi) is 3.68. The molecule has 0 heterocycles. The lowest BCUT2D eigenvalue weighted by Gasteiger charge is -2.14. The summed E-state index contributed by atoms with van der Waals surface area (Å²) in [6.45, 7) is 0.0582. The van der Waals surface area contributed by atoms with Gasteiger partial charge in [-0.05, 0) is 36.1 Å². The van der Waals surface area contributed by atoms with E-state index < -0.39 is 0 Å². The zero-order valence-corrected chi connectivity index (χ0v) is 11.2. The highest BCUT2D eigenvalue weighted by Gasteiger charge is 2.23. The average molecular weight is 267 g/mol. The van der Waals surface area contributed by atoms with Crippen molar-refractivity contribution in [1.29, 1.82) is 0 Å². The summed E-state index contributed by atoms with van der Waals surface area (Å²) in [6.07, 6.45) is 2.00. The highest BCUT2D eigenvalue weighted by molar-refractivity contribution is 5.78. The average Bonchev–Trinajstić information content (AvgIpc) is 2.90. The van der Waals surface area contributed by atoms with Gasteiger partial charge in [0.05, 0.1) is 6.04 Å². The number of fused-ring (bicyclic) bond motifs is 1. The number of amides is 1. The minimum Gasteiger partial charge on any atom is -0.484 e. The van der Waals surface area contributed by atoms with E-state index in [4.69, 9.17) is 4.74 Å². The molecule has 1 atom stereocenters. The molecule has 0 radical (unpaired) electrons. The summed E-state index contributed by atoms with van der Waals surface area (Å²) in [5.41, 5.74) is 2.57. The van der Waals surface area contributed by atoms with Crippen LogP contribution in [0.3, 0.4) is 0 Å². The Morgan fingerprint density at radius 3 is 2.70 bits per heavy atom. The van der Waals surface area contributed by atoms with Gasteiger partial charge >= 0.3 is 0 Å². The normalized spacial score (nSPS) is 16.5. The van der Waals surface area contributed by atoms with E-state index in [1.54, 1.807) is 0 Å². The summed E-state index contributed by atoms with van der Waals surface area (Å²) in [7, 11) is 0. The third kappa shape index (κ3) is 2.82. The van der Waals surface area contributed by atoms with E-state index in [0.717, 1.165) is 18.6 Å². The number of hydrogen-bond donors (Lipinski definition) is 1. The molecular formula is C17H17NO2. The number of rotatable bonds is 4. The van der Waals surface area contributed by atoms with Gasteiger partial charge in [-0.3, -0.25) is 4.79 Å². The molecule has 0 spiro atoms. The van der Waals surface area contributed by atoms with Gasteiger partial charge in [-0.1, -0.05) is 42.5 Å². The number of para-hydroxylation sites is 1. The molecule has 0 saturated heterocycles. The van der Waals surface area contributed by atoms with E-state index in [9.17, 15) is 4.79 Å². The summed E-state index contributed by atoms with van der Waals surface area (Å²) in [5.74, 6) is 0.644. The van der Waals surface area contributed by atoms with Crippen LogP contribution >= 0.6 is 0 Å². The van der Waals surface area contributed by atoms with E-state index in [1.807, 2.05) is 42.5 Å². The van der Waals surface area contributed by atoms with Gasteiger partial charge in [0.2, 0.25) is 0 Å². The summed E-state index contributed by atoms with van der Waals surface area (Å²) in [6, 6.07) is 17.8. The van der Waals surface area contributed by atoms with Gasteiger partial charge in [0.1, 0.15) is 5.75 Å². The fraction of sp³-hybridized carbons (Fsp3) is 0.235. The Balaban J connectivity index is 1.55. The number of carbonyl (C=O) groups is 1. The molecule has 3 nitrogen and oxygen atoms in total. The molecule has 3 rings (SSSR count). The molecule has 0 fully saturated rings. The third-order valence-electron chi connectivity index (χ3n) is 3.58. The predicted octanol–water partition coefficient (Wildman–Crippen LogP) is 2.87. The van der Waals surface area contributed by atoms with Crippen LogP contribution in [0.15, 0.2) is 54.6 Å². The minimum absolute atomic E-state index is 0.0582. The van der Waals surface area contributed by atoms with Crippen LogP contribution in [0.1, 0.15) is 23.6 Å². The van der Waals surface area contributed by atoms with E-state index in [2.05, 4.69) is 17.4 Å². The van der Waals surface area contributed by atoms with Gasteiger partial charge in [-0.2, -0.15) is 0 Å². The molecule has 0 aromatic heterocycles. The summed E-state index contributed by atoms with van der Waals surface area (Å²) >= 11 is 0. The van der Waals surface area contributed by atoms with Crippen LogP contribution in [0.2, 0.25) is 0 Å². The lowest BCUT2D eigenvalue weighted by Crippen LogP contribution is -2.31. The Morgan fingerprint density at radius 2 is 1.85 bits per heavy atom. The highest BCUT2D eigenvalue weighted by Crippen LogP contribution is 2.30. The SMILES string of the molecule is O=C(COc1ccccc1)NC1CCc2ccccc21. The molecule has 1 unspecified atom stereocenters. The number of hydrogen-bond acceptors (Lipinski definition) is 2. The second kappa shape index (κ2) is 5.78. The van der Waals surface area contributed by atoms with Gasteiger partial charge in [-0.15, -0.1) is 0 Å². The fourth-order valence-corrected chi connectivity index (χ4v) is 2.61. The quantitative estimate of drug-likeness (QED) is 0.925. The topological polar surface area (TPSA) is 38.3 Å². The second-order valence-electron chi connectivity index (χ2n) is 4.96. The van der Waals surface area contributed by atoms with Crippen LogP contribution in [-0.2, 0) is 11.2 Å². The summed E-state index contributed by atoms with van der Waals surface area (Å²) in [5, 5.41) is 3.04. The van der Waals surface area contributed by atoms with E-state index in [-0.39, 0.29) is 18.6 Å². The van der Waals surface area contributed by atoms with Crippen molar-refractivity contribution in [3.63, 3.8) is 0 Å². The van der Waals surface area contributed by atoms with E-state index in [1.165, 1.54) is 11.1 Å². The molecule has 1 aliphatic carbocycles. The monoisotopic (exact) mass is 267 g/mol. The van der Waals surface area contributed by atoms with Crippen LogP contribution in [0.4, 0.5) is 0 Å². The number of aryl methyl sites for hydroxylation is 1. The molecule has 2 aromatic carbocycles. The van der Waals surface area contributed by atoms with Crippen LogP contribution in [0.25, 0.3) is 0 Å². The first-order valence-corrected chi connectivity index (χ1v) is 6.88. The molecule has 102 valence electrons. The lowest BCUT2D eigenvalue weighted by atomic mass is 10.1. The van der Waals surface area contributed by atoms with E-state index >= 15 is 0 Å². The first-order chi connectivity index (χ1) is 9.83. The molecule has 20 heavy (non-hydrogen) atoms. The summed E-state index contributed by atoms with van der Waals surface area (Å²) in [4.78, 5) is 11.9. The van der Waals surface area contributed by atoms with Gasteiger partial charge in [-0.25, -0.2) is 0 Å². The maximum absolute atomic E-state index is 11.9. The van der Waals surface area contributed by atoms with Gasteiger partial charge < -0.3 is 10.1 Å². The lowest BCUT2D eigenvalue weighted by molar-refractivity contribution is -0.123. The molecule has 0 saturated carbocycles. The van der Waals surface area contributed by atoms with Crippen molar-refractivity contribution in [2.45, 2.75) is 18.9 Å². The zero-order valence-electron chi connectivity index (χ0n) is 11.2. The van der Waals surface area contributed by atoms with Gasteiger partial charge in [0, 0.05) is 0 Å². The van der Waals surface area contributed by atoms with Gasteiger partial charge in [0.25, 0.3) is 5.91 Å². The Labute approximate surface area is 118 Å². The number of benzene rings is 2. The standard InChI is InChI=1S/C17H17NO2/c19-17(12-20-14-7-2-1-3-8-14)18-16-11-10-13-6-4-5-9-15(13)16/h1-9,16H,10-12H2,(H,18,19). The molecule has 2 aromatic rings. The zero-order chi connectivity index (χ0) is 13.8. The van der Waals surface area contributed by atoms with Crippen molar-refractivity contribution in [2.24, 2.45) is 0 Å². The molecule has 0 aliphatic heterocycles. The van der Waals surface area contributed by atoms with Crippen molar-refractivity contribution in [3.8, 4) is 5.75 Å². The molecule has 3 heteroatoms. The van der Waals surface area contributed by atoms with Crippen LogP contribution < -0.4 is 10.1 Å². The molecule has 1 aliphatic rings. The Hall–Kier alpha value is -2.29. The van der Waals surface area contributed by atoms with Gasteiger partial charge in [0.15, 0.2) is 6.61 Å². The maximum Gasteiger partial charge on any atom is 0.258 e. The highest BCUT2D eigenvalue weighted by atomic mass is 16.5. The number of ether oxygens (including phenoxy) is 1. The second-order valence-corrected chi connectivity index (χ2v) is 4.96. The van der Waals surface area contributed by atoms with Crippen LogP contribution in [0, 0.1) is 0 Å². The molecule has 1 amide bonds. The smallest absolute Gasteiger partial charge is 0.258 e. The van der Waals surface area contributed by atoms with Crippen molar-refractivity contribution >= 4 is 5.91 Å². The van der Waals surface area contributed by atoms with Crippen LogP contribution in [-0.4, -0.2) is 12.5 Å². The van der Waals surface area contributed by atoms with E-state index in [0.29, 0.717) is 0 Å². The van der Waals surface area contributed by atoms with Crippen molar-refractivity contribution in [3.05, 3.63) is 65.7 Å². The minimum atomic E-state index is -0.0736. The maximum atomic E-state index is 11.9. The third-order valence-corrected chi connectivity index (χ3v) is 3.58. The first kappa shape index (κ1) is 12.7. The molecule has 1 N–H and O–H groups in total.